The zero-order valence-electron chi connectivity index (χ0n) is 13.6. The molecule has 2 aromatic rings. The minimum absolute atomic E-state index is 0.210. The standard InChI is InChI=1S/C18H15NO5S/c1-11(23-12-7-9-13(25-2)10-8-12)18(22)24-19-16(20)14-5-3-4-6-15(14)17(19)21/h3-11H,1-2H3. The zero-order valence-corrected chi connectivity index (χ0v) is 14.4. The maximum absolute atomic E-state index is 12.2. The van der Waals surface area contributed by atoms with Gasteiger partial charge < -0.3 is 9.57 Å². The molecule has 2 aromatic carbocycles. The Labute approximate surface area is 148 Å². The number of hydroxylamine groups is 2. The third kappa shape index (κ3) is 3.36. The van der Waals surface area contributed by atoms with Crippen molar-refractivity contribution in [3.05, 3.63) is 59.7 Å². The summed E-state index contributed by atoms with van der Waals surface area (Å²) in [5, 5.41) is 0.476. The lowest BCUT2D eigenvalue weighted by molar-refractivity contribution is -0.176. The lowest BCUT2D eigenvalue weighted by Gasteiger charge is -2.17. The van der Waals surface area contributed by atoms with Crippen LogP contribution in [-0.2, 0) is 9.63 Å². The summed E-state index contributed by atoms with van der Waals surface area (Å²) in [7, 11) is 0. The number of amides is 2. The highest BCUT2D eigenvalue weighted by Crippen LogP contribution is 2.24. The summed E-state index contributed by atoms with van der Waals surface area (Å²) >= 11 is 1.59. The second-order valence-corrected chi connectivity index (χ2v) is 6.18. The number of ether oxygens (including phenoxy) is 1. The van der Waals surface area contributed by atoms with Gasteiger partial charge in [0.25, 0.3) is 11.8 Å². The van der Waals surface area contributed by atoms with Crippen LogP contribution in [0.15, 0.2) is 53.4 Å². The highest BCUT2D eigenvalue weighted by molar-refractivity contribution is 7.98. The molecule has 0 aliphatic carbocycles. The van der Waals surface area contributed by atoms with Crippen molar-refractivity contribution in [3.8, 4) is 5.75 Å². The van der Waals surface area contributed by atoms with Crippen LogP contribution in [0.2, 0.25) is 0 Å². The van der Waals surface area contributed by atoms with Gasteiger partial charge in [-0.05, 0) is 49.6 Å². The van der Waals surface area contributed by atoms with E-state index >= 15 is 0 Å². The molecule has 1 aliphatic rings. The Hall–Kier alpha value is -2.80. The maximum Gasteiger partial charge on any atom is 0.373 e. The van der Waals surface area contributed by atoms with Gasteiger partial charge in [0, 0.05) is 4.90 Å². The summed E-state index contributed by atoms with van der Waals surface area (Å²) < 4.78 is 5.50. The smallest absolute Gasteiger partial charge is 0.373 e. The van der Waals surface area contributed by atoms with Crippen molar-refractivity contribution in [3.63, 3.8) is 0 Å². The monoisotopic (exact) mass is 357 g/mol. The first-order valence-electron chi connectivity index (χ1n) is 7.51. The Morgan fingerprint density at radius 3 is 2.08 bits per heavy atom. The second-order valence-electron chi connectivity index (χ2n) is 5.30. The van der Waals surface area contributed by atoms with E-state index in [1.165, 1.54) is 19.1 Å². The molecular weight excluding hydrogens is 342 g/mol. The molecule has 0 spiro atoms. The van der Waals surface area contributed by atoms with Gasteiger partial charge in [-0.3, -0.25) is 9.59 Å². The van der Waals surface area contributed by atoms with Gasteiger partial charge >= 0.3 is 5.97 Å². The van der Waals surface area contributed by atoms with Crippen LogP contribution in [0.5, 0.6) is 5.75 Å². The van der Waals surface area contributed by atoms with E-state index in [0.29, 0.717) is 10.8 Å². The van der Waals surface area contributed by atoms with E-state index < -0.39 is 23.9 Å². The molecule has 0 N–H and O–H groups in total. The summed E-state index contributed by atoms with van der Waals surface area (Å²) in [6.07, 6.45) is 0.974. The molecule has 0 saturated carbocycles. The van der Waals surface area contributed by atoms with Crippen LogP contribution >= 0.6 is 11.8 Å². The molecule has 128 valence electrons. The molecule has 2 amide bonds. The van der Waals surface area contributed by atoms with E-state index in [1.54, 1.807) is 36.0 Å². The highest BCUT2D eigenvalue weighted by atomic mass is 32.2. The fourth-order valence-electron chi connectivity index (χ4n) is 2.32. The third-order valence-corrected chi connectivity index (χ3v) is 4.39. The Morgan fingerprint density at radius 1 is 1.00 bits per heavy atom. The van der Waals surface area contributed by atoms with Crippen LogP contribution in [-0.4, -0.2) is 35.2 Å². The van der Waals surface area contributed by atoms with Gasteiger partial charge in [-0.25, -0.2) is 4.79 Å². The molecule has 0 radical (unpaired) electrons. The summed E-state index contributed by atoms with van der Waals surface area (Å²) in [5.74, 6) is -1.66. The summed E-state index contributed by atoms with van der Waals surface area (Å²) in [4.78, 5) is 42.6. The fraction of sp³-hybridized carbons (Fsp3) is 0.167. The van der Waals surface area contributed by atoms with Gasteiger partial charge in [0.05, 0.1) is 11.1 Å². The van der Waals surface area contributed by atoms with E-state index in [2.05, 4.69) is 0 Å². The van der Waals surface area contributed by atoms with Crippen LogP contribution in [0.25, 0.3) is 0 Å². The zero-order chi connectivity index (χ0) is 18.0. The highest BCUT2D eigenvalue weighted by Gasteiger charge is 2.39. The summed E-state index contributed by atoms with van der Waals surface area (Å²) in [6.45, 7) is 1.49. The molecule has 3 rings (SSSR count). The molecule has 0 bridgehead atoms. The summed E-state index contributed by atoms with van der Waals surface area (Å²) in [5.41, 5.74) is 0.419. The Kier molecular flexibility index (Phi) is 4.76. The molecule has 1 unspecified atom stereocenters. The second kappa shape index (κ2) is 6.98. The lowest BCUT2D eigenvalue weighted by Crippen LogP contribution is -2.37. The number of benzene rings is 2. The van der Waals surface area contributed by atoms with Crippen LogP contribution < -0.4 is 4.74 Å². The molecule has 7 heteroatoms. The maximum atomic E-state index is 12.2. The van der Waals surface area contributed by atoms with Crippen LogP contribution in [0, 0.1) is 0 Å². The number of nitrogens with zero attached hydrogens (tertiary/aromatic N) is 1. The lowest BCUT2D eigenvalue weighted by atomic mass is 10.1. The van der Waals surface area contributed by atoms with Gasteiger partial charge in [-0.15, -0.1) is 11.8 Å². The first-order valence-corrected chi connectivity index (χ1v) is 8.74. The van der Waals surface area contributed by atoms with Crippen molar-refractivity contribution in [1.82, 2.24) is 5.06 Å². The van der Waals surface area contributed by atoms with Crippen molar-refractivity contribution in [2.75, 3.05) is 6.26 Å². The van der Waals surface area contributed by atoms with Crippen molar-refractivity contribution in [1.29, 1.82) is 0 Å². The molecule has 1 atom stereocenters. The van der Waals surface area contributed by atoms with Crippen molar-refractivity contribution in [2.45, 2.75) is 17.9 Å². The molecule has 0 saturated heterocycles. The first-order chi connectivity index (χ1) is 12.0. The van der Waals surface area contributed by atoms with Crippen molar-refractivity contribution in [2.24, 2.45) is 0 Å². The number of fused-ring (bicyclic) bond motifs is 1. The normalized spacial score (nSPS) is 14.2. The van der Waals surface area contributed by atoms with Crippen LogP contribution in [0.1, 0.15) is 27.6 Å². The predicted octanol–water partition coefficient (Wildman–Crippen LogP) is 2.93. The van der Waals surface area contributed by atoms with Crippen LogP contribution in [0.3, 0.4) is 0 Å². The molecular formula is C18H15NO5S. The average molecular weight is 357 g/mol. The molecule has 1 heterocycles. The molecule has 0 fully saturated rings. The Balaban J connectivity index is 1.66. The van der Waals surface area contributed by atoms with E-state index in [-0.39, 0.29) is 11.1 Å². The number of hydrogen-bond acceptors (Lipinski definition) is 6. The number of carbonyl (C=O) groups is 3. The topological polar surface area (TPSA) is 72.9 Å². The first kappa shape index (κ1) is 17.0. The molecule has 6 nitrogen and oxygen atoms in total. The van der Waals surface area contributed by atoms with Gasteiger partial charge in [-0.1, -0.05) is 17.2 Å². The minimum atomic E-state index is -0.982. The van der Waals surface area contributed by atoms with E-state index in [9.17, 15) is 14.4 Å². The quantitative estimate of drug-likeness (QED) is 0.605. The van der Waals surface area contributed by atoms with Gasteiger partial charge in [0.15, 0.2) is 6.10 Å². The SMILES string of the molecule is CSc1ccc(OC(C)C(=O)ON2C(=O)c3ccccc3C2=O)cc1. The van der Waals surface area contributed by atoms with Crippen molar-refractivity contribution >= 4 is 29.5 Å². The van der Waals surface area contributed by atoms with Gasteiger partial charge in [0.2, 0.25) is 0 Å². The fourth-order valence-corrected chi connectivity index (χ4v) is 2.73. The molecule has 1 aliphatic heterocycles. The average Bonchev–Trinajstić information content (AvgIpc) is 2.87. The van der Waals surface area contributed by atoms with Gasteiger partial charge in [-0.2, -0.15) is 0 Å². The number of rotatable bonds is 5. The van der Waals surface area contributed by atoms with E-state index in [1.807, 2.05) is 18.4 Å². The largest absolute Gasteiger partial charge is 0.479 e. The number of imide groups is 1. The predicted molar refractivity (Wildman–Crippen MR) is 91.3 cm³/mol. The van der Waals surface area contributed by atoms with Gasteiger partial charge in [0.1, 0.15) is 5.75 Å². The Morgan fingerprint density at radius 2 is 1.56 bits per heavy atom. The minimum Gasteiger partial charge on any atom is -0.479 e. The molecule has 25 heavy (non-hydrogen) atoms. The number of thioether (sulfide) groups is 1. The Bertz CT molecular complexity index is 799. The van der Waals surface area contributed by atoms with E-state index in [4.69, 9.17) is 9.57 Å². The van der Waals surface area contributed by atoms with Crippen molar-refractivity contribution < 1.29 is 24.0 Å². The van der Waals surface area contributed by atoms with E-state index in [0.717, 1.165) is 4.90 Å². The summed E-state index contributed by atoms with van der Waals surface area (Å²) in [6, 6.07) is 13.5. The third-order valence-electron chi connectivity index (χ3n) is 3.64. The van der Waals surface area contributed by atoms with Crippen LogP contribution in [0.4, 0.5) is 0 Å². The number of hydrogen-bond donors (Lipinski definition) is 0. The number of carbonyl (C=O) groups excluding carboxylic acids is 3. The molecule has 0 aromatic heterocycles.